The molecule has 1 N–H and O–H groups in total. The fourth-order valence-corrected chi connectivity index (χ4v) is 4.60. The van der Waals surface area contributed by atoms with Crippen molar-refractivity contribution in [3.05, 3.63) is 57.1 Å². The highest BCUT2D eigenvalue weighted by atomic mass is 32.1. The van der Waals surface area contributed by atoms with Gasteiger partial charge >= 0.3 is 5.76 Å². The summed E-state index contributed by atoms with van der Waals surface area (Å²) in [4.78, 5) is 41.9. The summed E-state index contributed by atoms with van der Waals surface area (Å²) >= 11 is 1.54. The number of nitro groups is 1. The second kappa shape index (κ2) is 8.05. The molecule has 1 fully saturated rings. The monoisotopic (exact) mass is 455 g/mol. The first kappa shape index (κ1) is 20.2. The van der Waals surface area contributed by atoms with Gasteiger partial charge in [-0.1, -0.05) is 11.3 Å². The number of thiazole rings is 1. The topological polar surface area (TPSA) is 133 Å². The molecule has 0 unspecified atom stereocenters. The zero-order valence-corrected chi connectivity index (χ0v) is 17.5. The molecule has 2 aromatic heterocycles. The van der Waals surface area contributed by atoms with Crippen LogP contribution in [0.25, 0.3) is 21.3 Å². The molecule has 1 saturated heterocycles. The lowest BCUT2D eigenvalue weighted by atomic mass is 10.3. The summed E-state index contributed by atoms with van der Waals surface area (Å²) in [6.45, 7) is 2.64. The van der Waals surface area contributed by atoms with Crippen LogP contribution in [0.3, 0.4) is 0 Å². The van der Waals surface area contributed by atoms with Crippen LogP contribution in [0.1, 0.15) is 0 Å². The number of nitrogens with zero attached hydrogens (tertiary/aromatic N) is 4. The van der Waals surface area contributed by atoms with Gasteiger partial charge in [-0.15, -0.1) is 0 Å². The normalized spacial score (nSPS) is 14.2. The van der Waals surface area contributed by atoms with Crippen molar-refractivity contribution in [1.29, 1.82) is 0 Å². The molecule has 0 spiro atoms. The SMILES string of the molecule is O=C(Cn1c(=O)oc2cc([N+](=O)[O-])ccc21)Nc1ccc2nc(N3CCOCC3)sc2c1. The molecular formula is C20H17N5O6S. The van der Waals surface area contributed by atoms with E-state index in [2.05, 4.69) is 15.2 Å². The first-order valence-electron chi connectivity index (χ1n) is 9.79. The number of carbonyl (C=O) groups is 1. The molecule has 0 saturated carbocycles. The number of carbonyl (C=O) groups excluding carboxylic acids is 1. The van der Waals surface area contributed by atoms with Gasteiger partial charge in [0.1, 0.15) is 6.54 Å². The number of fused-ring (bicyclic) bond motifs is 2. The van der Waals surface area contributed by atoms with E-state index in [1.165, 1.54) is 12.1 Å². The summed E-state index contributed by atoms with van der Waals surface area (Å²) in [5.41, 5.74) is 1.59. The van der Waals surface area contributed by atoms with Crippen LogP contribution in [-0.2, 0) is 16.1 Å². The number of hydrogen-bond donors (Lipinski definition) is 1. The largest absolute Gasteiger partial charge is 0.420 e. The van der Waals surface area contributed by atoms with Crippen molar-refractivity contribution in [1.82, 2.24) is 9.55 Å². The molecular weight excluding hydrogens is 438 g/mol. The van der Waals surface area contributed by atoms with E-state index in [0.717, 1.165) is 39.1 Å². The zero-order valence-electron chi connectivity index (χ0n) is 16.6. The van der Waals surface area contributed by atoms with Crippen molar-refractivity contribution < 1.29 is 18.9 Å². The number of aromatic nitrogens is 2. The van der Waals surface area contributed by atoms with E-state index in [1.54, 1.807) is 17.4 Å². The molecule has 164 valence electrons. The minimum Gasteiger partial charge on any atom is -0.407 e. The number of hydrogen-bond acceptors (Lipinski definition) is 9. The molecule has 3 heterocycles. The van der Waals surface area contributed by atoms with Gasteiger partial charge in [0.15, 0.2) is 10.7 Å². The lowest BCUT2D eigenvalue weighted by molar-refractivity contribution is -0.384. The third-order valence-corrected chi connectivity index (χ3v) is 6.19. The van der Waals surface area contributed by atoms with E-state index >= 15 is 0 Å². The van der Waals surface area contributed by atoms with Gasteiger partial charge in [-0.05, 0) is 24.3 Å². The van der Waals surface area contributed by atoms with Gasteiger partial charge in [-0.25, -0.2) is 9.78 Å². The molecule has 4 aromatic rings. The van der Waals surface area contributed by atoms with E-state index in [-0.39, 0.29) is 17.8 Å². The molecule has 0 bridgehead atoms. The number of rotatable bonds is 5. The molecule has 12 heteroatoms. The molecule has 0 radical (unpaired) electrons. The Kier molecular flexibility index (Phi) is 5.07. The van der Waals surface area contributed by atoms with Gasteiger partial charge in [-0.2, -0.15) is 0 Å². The second-order valence-corrected chi connectivity index (χ2v) is 8.20. The van der Waals surface area contributed by atoms with Crippen LogP contribution in [0.4, 0.5) is 16.5 Å². The Morgan fingerprint density at radius 2 is 2.03 bits per heavy atom. The third kappa shape index (κ3) is 3.81. The van der Waals surface area contributed by atoms with Gasteiger partial charge in [0.25, 0.3) is 5.69 Å². The summed E-state index contributed by atoms with van der Waals surface area (Å²) in [6, 6.07) is 9.24. The minimum absolute atomic E-state index is 0.0544. The summed E-state index contributed by atoms with van der Waals surface area (Å²) < 4.78 is 12.5. The maximum absolute atomic E-state index is 12.6. The molecule has 32 heavy (non-hydrogen) atoms. The van der Waals surface area contributed by atoms with Gasteiger partial charge in [0, 0.05) is 24.8 Å². The summed E-state index contributed by atoms with van der Waals surface area (Å²) in [6.07, 6.45) is 0. The van der Waals surface area contributed by atoms with E-state index < -0.39 is 16.6 Å². The molecule has 0 atom stereocenters. The minimum atomic E-state index is -0.760. The van der Waals surface area contributed by atoms with Crippen LogP contribution in [0.5, 0.6) is 0 Å². The quantitative estimate of drug-likeness (QED) is 0.359. The van der Waals surface area contributed by atoms with Crippen LogP contribution < -0.4 is 16.0 Å². The van der Waals surface area contributed by atoms with Crippen molar-refractivity contribution in [3.8, 4) is 0 Å². The maximum atomic E-state index is 12.6. The zero-order chi connectivity index (χ0) is 22.2. The van der Waals surface area contributed by atoms with Crippen molar-refractivity contribution in [2.75, 3.05) is 36.5 Å². The van der Waals surface area contributed by atoms with E-state index in [0.29, 0.717) is 24.4 Å². The number of benzene rings is 2. The predicted molar refractivity (Wildman–Crippen MR) is 118 cm³/mol. The third-order valence-electron chi connectivity index (χ3n) is 5.11. The van der Waals surface area contributed by atoms with Crippen molar-refractivity contribution >= 4 is 55.1 Å². The number of nitrogens with one attached hydrogen (secondary N) is 1. The van der Waals surface area contributed by atoms with E-state index in [1.807, 2.05) is 12.1 Å². The summed E-state index contributed by atoms with van der Waals surface area (Å²) in [7, 11) is 0. The molecule has 1 amide bonds. The Hall–Kier alpha value is -3.77. The fourth-order valence-electron chi connectivity index (χ4n) is 3.54. The molecule has 5 rings (SSSR count). The van der Waals surface area contributed by atoms with Crippen LogP contribution in [-0.4, -0.2) is 46.7 Å². The van der Waals surface area contributed by atoms with Crippen molar-refractivity contribution in [2.45, 2.75) is 6.54 Å². The maximum Gasteiger partial charge on any atom is 0.420 e. The van der Waals surface area contributed by atoms with Crippen LogP contribution >= 0.6 is 11.3 Å². The predicted octanol–water partition coefficient (Wildman–Crippen LogP) is 2.59. The standard InChI is InChI=1S/C20H17N5O6S/c26-18(11-24-15-4-2-13(25(28)29)10-16(15)31-20(24)27)21-12-1-3-14-17(9-12)32-19(22-14)23-5-7-30-8-6-23/h1-4,9-10H,5-8,11H2,(H,21,26). The van der Waals surface area contributed by atoms with E-state index in [9.17, 15) is 19.7 Å². The molecule has 2 aromatic carbocycles. The average molecular weight is 455 g/mol. The number of morpholine rings is 1. The fraction of sp³-hybridized carbons (Fsp3) is 0.250. The Balaban J connectivity index is 1.34. The number of oxazole rings is 1. The smallest absolute Gasteiger partial charge is 0.407 e. The molecule has 1 aliphatic rings. The number of nitro benzene ring substituents is 1. The molecule has 1 aliphatic heterocycles. The Morgan fingerprint density at radius 3 is 2.81 bits per heavy atom. The van der Waals surface area contributed by atoms with Gasteiger partial charge in [0.05, 0.1) is 39.9 Å². The highest BCUT2D eigenvalue weighted by Crippen LogP contribution is 2.31. The summed E-state index contributed by atoms with van der Waals surface area (Å²) in [5, 5.41) is 14.6. The van der Waals surface area contributed by atoms with Crippen LogP contribution in [0, 0.1) is 10.1 Å². The van der Waals surface area contributed by atoms with Gasteiger partial charge in [0.2, 0.25) is 5.91 Å². The lowest BCUT2D eigenvalue weighted by Gasteiger charge is -2.25. The lowest BCUT2D eigenvalue weighted by Crippen LogP contribution is -2.36. The van der Waals surface area contributed by atoms with Crippen molar-refractivity contribution in [3.63, 3.8) is 0 Å². The highest BCUT2D eigenvalue weighted by Gasteiger charge is 2.18. The number of non-ortho nitro benzene ring substituents is 1. The number of ether oxygens (including phenoxy) is 1. The van der Waals surface area contributed by atoms with Crippen LogP contribution in [0.2, 0.25) is 0 Å². The summed E-state index contributed by atoms with van der Waals surface area (Å²) in [5.74, 6) is -1.19. The Labute approximate surface area is 184 Å². The average Bonchev–Trinajstić information content (AvgIpc) is 3.34. The van der Waals surface area contributed by atoms with E-state index in [4.69, 9.17) is 9.15 Å². The number of amides is 1. The molecule has 11 nitrogen and oxygen atoms in total. The first-order chi connectivity index (χ1) is 15.5. The van der Waals surface area contributed by atoms with Gasteiger partial charge in [-0.3, -0.25) is 19.5 Å². The highest BCUT2D eigenvalue weighted by molar-refractivity contribution is 7.22. The van der Waals surface area contributed by atoms with Crippen molar-refractivity contribution in [2.24, 2.45) is 0 Å². The second-order valence-electron chi connectivity index (χ2n) is 7.19. The first-order valence-corrected chi connectivity index (χ1v) is 10.6. The van der Waals surface area contributed by atoms with Gasteiger partial charge < -0.3 is 19.4 Å². The molecule has 0 aliphatic carbocycles. The van der Waals surface area contributed by atoms with Crippen LogP contribution in [0.15, 0.2) is 45.6 Å². The Bertz CT molecular complexity index is 1400. The number of anilines is 2. The Morgan fingerprint density at radius 1 is 1.22 bits per heavy atom.